The van der Waals surface area contributed by atoms with Gasteiger partial charge < -0.3 is 20.4 Å². The molecule has 1 aliphatic rings. The Bertz CT molecular complexity index is 1320. The number of aromatic nitrogens is 2. The minimum atomic E-state index is -3.99. The van der Waals surface area contributed by atoms with Crippen LogP contribution in [0.15, 0.2) is 78.0 Å². The van der Waals surface area contributed by atoms with Crippen molar-refractivity contribution in [1.29, 1.82) is 0 Å². The van der Waals surface area contributed by atoms with Crippen molar-refractivity contribution in [3.8, 4) is 0 Å². The zero-order valence-electron chi connectivity index (χ0n) is 20.9. The lowest BCUT2D eigenvalue weighted by atomic mass is 10.0. The SMILES string of the molecule is C[C@@H](CNC(=O)c1ccc(N2CCC(Nc3ncccn3)CC2)cc1)C(=O)ONS(=O)(=O)c1ccccc1. The highest BCUT2D eigenvalue weighted by Gasteiger charge is 2.22. The Labute approximate surface area is 221 Å². The zero-order chi connectivity index (χ0) is 27.0. The van der Waals surface area contributed by atoms with Gasteiger partial charge in [-0.1, -0.05) is 25.1 Å². The molecule has 38 heavy (non-hydrogen) atoms. The molecule has 2 aromatic carbocycles. The Morgan fingerprint density at radius 3 is 2.32 bits per heavy atom. The van der Waals surface area contributed by atoms with Crippen LogP contribution >= 0.6 is 0 Å². The molecule has 2 heterocycles. The molecule has 1 saturated heterocycles. The first kappa shape index (κ1) is 27.0. The van der Waals surface area contributed by atoms with E-state index in [1.54, 1.807) is 48.8 Å². The fourth-order valence-corrected chi connectivity index (χ4v) is 4.74. The van der Waals surface area contributed by atoms with E-state index >= 15 is 0 Å². The van der Waals surface area contributed by atoms with E-state index in [0.717, 1.165) is 31.6 Å². The van der Waals surface area contributed by atoms with E-state index < -0.39 is 21.9 Å². The first-order valence-corrected chi connectivity index (χ1v) is 13.7. The van der Waals surface area contributed by atoms with Crippen LogP contribution in [0.4, 0.5) is 11.6 Å². The van der Waals surface area contributed by atoms with Crippen molar-refractivity contribution in [2.24, 2.45) is 5.92 Å². The van der Waals surface area contributed by atoms with E-state index in [1.807, 2.05) is 17.0 Å². The molecule has 11 nitrogen and oxygen atoms in total. The maximum absolute atomic E-state index is 12.6. The molecular formula is C26H30N6O5S. The van der Waals surface area contributed by atoms with Crippen LogP contribution in [0, 0.1) is 5.92 Å². The van der Waals surface area contributed by atoms with Crippen molar-refractivity contribution >= 4 is 33.5 Å². The van der Waals surface area contributed by atoms with Crippen molar-refractivity contribution in [1.82, 2.24) is 20.2 Å². The molecule has 4 rings (SSSR count). The first-order valence-electron chi connectivity index (χ1n) is 12.3. The van der Waals surface area contributed by atoms with E-state index in [1.165, 1.54) is 19.1 Å². The van der Waals surface area contributed by atoms with Gasteiger partial charge in [-0.3, -0.25) is 4.79 Å². The number of anilines is 2. The minimum Gasteiger partial charge on any atom is -0.371 e. The van der Waals surface area contributed by atoms with Crippen molar-refractivity contribution in [2.45, 2.75) is 30.7 Å². The number of rotatable bonds is 10. The summed E-state index contributed by atoms with van der Waals surface area (Å²) in [4.78, 5) is 42.0. The summed E-state index contributed by atoms with van der Waals surface area (Å²) in [5.74, 6) is -1.28. The van der Waals surface area contributed by atoms with Crippen LogP contribution in [0.2, 0.25) is 0 Å². The monoisotopic (exact) mass is 538 g/mol. The van der Waals surface area contributed by atoms with Crippen LogP contribution in [0.25, 0.3) is 0 Å². The van der Waals surface area contributed by atoms with E-state index in [-0.39, 0.29) is 17.3 Å². The number of benzene rings is 2. The third-order valence-electron chi connectivity index (χ3n) is 6.17. The van der Waals surface area contributed by atoms with Crippen molar-refractivity contribution in [3.05, 3.63) is 78.6 Å². The second-order valence-corrected chi connectivity index (χ2v) is 10.6. The lowest BCUT2D eigenvalue weighted by Gasteiger charge is -2.34. The van der Waals surface area contributed by atoms with Gasteiger partial charge in [0.2, 0.25) is 5.95 Å². The summed E-state index contributed by atoms with van der Waals surface area (Å²) in [7, 11) is -3.99. The molecule has 200 valence electrons. The summed E-state index contributed by atoms with van der Waals surface area (Å²) in [6.45, 7) is 3.25. The number of carbonyl (C=O) groups excluding carboxylic acids is 2. The Morgan fingerprint density at radius 1 is 1.00 bits per heavy atom. The lowest BCUT2D eigenvalue weighted by molar-refractivity contribution is -0.151. The Hall–Kier alpha value is -4.03. The highest BCUT2D eigenvalue weighted by atomic mass is 32.2. The van der Waals surface area contributed by atoms with Gasteiger partial charge in [-0.2, -0.15) is 0 Å². The predicted octanol–water partition coefficient (Wildman–Crippen LogP) is 2.36. The molecule has 0 radical (unpaired) electrons. The van der Waals surface area contributed by atoms with Crippen LogP contribution in [-0.4, -0.2) is 55.9 Å². The molecule has 0 unspecified atom stereocenters. The van der Waals surface area contributed by atoms with E-state index in [9.17, 15) is 18.0 Å². The average Bonchev–Trinajstić information content (AvgIpc) is 2.96. The molecule has 12 heteroatoms. The van der Waals surface area contributed by atoms with Gasteiger partial charge >= 0.3 is 5.97 Å². The molecule has 1 atom stereocenters. The molecule has 1 amide bonds. The van der Waals surface area contributed by atoms with Crippen molar-refractivity contribution < 1.29 is 22.8 Å². The Kier molecular flexibility index (Phi) is 8.87. The molecule has 0 spiro atoms. The third-order valence-corrected chi connectivity index (χ3v) is 7.36. The second-order valence-electron chi connectivity index (χ2n) is 8.96. The normalized spacial score (nSPS) is 14.9. The first-order chi connectivity index (χ1) is 18.3. The number of hydrogen-bond donors (Lipinski definition) is 3. The third kappa shape index (κ3) is 7.26. The van der Waals surface area contributed by atoms with Crippen LogP contribution < -0.4 is 20.4 Å². The standard InChI is InChI=1S/C26H30N6O5S/c1-19(25(34)37-31-38(35,36)23-6-3-2-4-7-23)18-29-24(33)20-8-10-22(11-9-20)32-16-12-21(13-17-32)30-26-27-14-5-15-28-26/h2-11,14-15,19,21,31H,12-13,16-18H2,1H3,(H,29,33)(H,27,28,30)/t19-/m0/s1. The van der Waals surface area contributed by atoms with Gasteiger partial charge in [-0.25, -0.2) is 23.2 Å². The summed E-state index contributed by atoms with van der Waals surface area (Å²) in [5.41, 5.74) is 1.48. The van der Waals surface area contributed by atoms with Gasteiger partial charge in [0, 0.05) is 49.3 Å². The van der Waals surface area contributed by atoms with Crippen molar-refractivity contribution in [3.63, 3.8) is 0 Å². The van der Waals surface area contributed by atoms with Gasteiger partial charge in [-0.05, 0) is 60.2 Å². The smallest absolute Gasteiger partial charge is 0.330 e. The summed E-state index contributed by atoms with van der Waals surface area (Å²) >= 11 is 0. The van der Waals surface area contributed by atoms with Crippen LogP contribution in [0.1, 0.15) is 30.1 Å². The maximum Gasteiger partial charge on any atom is 0.330 e. The second kappa shape index (κ2) is 12.5. The number of amides is 1. The summed E-state index contributed by atoms with van der Waals surface area (Å²) in [6, 6.07) is 16.9. The molecular weight excluding hydrogens is 508 g/mol. The molecule has 1 fully saturated rings. The molecule has 0 saturated carbocycles. The van der Waals surface area contributed by atoms with Crippen LogP contribution in [0.3, 0.4) is 0 Å². The molecule has 3 aromatic rings. The fourth-order valence-electron chi connectivity index (χ4n) is 3.94. The Balaban J connectivity index is 1.20. The van der Waals surface area contributed by atoms with Crippen LogP contribution in [0.5, 0.6) is 0 Å². The largest absolute Gasteiger partial charge is 0.371 e. The number of sulfonamides is 1. The minimum absolute atomic E-state index is 0.0157. The molecule has 0 aliphatic carbocycles. The summed E-state index contributed by atoms with van der Waals surface area (Å²) in [5, 5.41) is 6.05. The van der Waals surface area contributed by atoms with E-state index in [4.69, 9.17) is 4.84 Å². The van der Waals surface area contributed by atoms with Gasteiger partial charge in [0.15, 0.2) is 0 Å². The highest BCUT2D eigenvalue weighted by molar-refractivity contribution is 7.89. The highest BCUT2D eigenvalue weighted by Crippen LogP contribution is 2.22. The number of nitrogens with zero attached hydrogens (tertiary/aromatic N) is 3. The van der Waals surface area contributed by atoms with Gasteiger partial charge in [-0.15, -0.1) is 0 Å². The predicted molar refractivity (Wildman–Crippen MR) is 142 cm³/mol. The molecule has 1 aromatic heterocycles. The Morgan fingerprint density at radius 2 is 1.66 bits per heavy atom. The van der Waals surface area contributed by atoms with E-state index in [2.05, 4.69) is 25.5 Å². The van der Waals surface area contributed by atoms with E-state index in [0.29, 0.717) is 17.6 Å². The summed E-state index contributed by atoms with van der Waals surface area (Å²) < 4.78 is 24.3. The lowest BCUT2D eigenvalue weighted by Crippen LogP contribution is -2.39. The van der Waals surface area contributed by atoms with Gasteiger partial charge in [0.25, 0.3) is 15.9 Å². The molecule has 3 N–H and O–H groups in total. The summed E-state index contributed by atoms with van der Waals surface area (Å²) in [6.07, 6.45) is 5.31. The van der Waals surface area contributed by atoms with Gasteiger partial charge in [0.1, 0.15) is 0 Å². The number of piperidine rings is 1. The number of carbonyl (C=O) groups is 2. The molecule has 1 aliphatic heterocycles. The molecule has 0 bridgehead atoms. The number of nitrogens with one attached hydrogen (secondary N) is 3. The van der Waals surface area contributed by atoms with Gasteiger partial charge in [0.05, 0.1) is 10.8 Å². The topological polar surface area (TPSA) is 143 Å². The zero-order valence-corrected chi connectivity index (χ0v) is 21.7. The quantitative estimate of drug-likeness (QED) is 0.332. The maximum atomic E-state index is 12.6. The average molecular weight is 539 g/mol. The number of hydrogen-bond acceptors (Lipinski definition) is 9. The fraction of sp³-hybridized carbons (Fsp3) is 0.308. The van der Waals surface area contributed by atoms with Crippen LogP contribution in [-0.2, 0) is 19.7 Å². The van der Waals surface area contributed by atoms with Crippen molar-refractivity contribution in [2.75, 3.05) is 29.9 Å².